The summed E-state index contributed by atoms with van der Waals surface area (Å²) in [6.45, 7) is 4.40. The largest absolute Gasteiger partial charge is 0.416 e. The first-order chi connectivity index (χ1) is 18.6. The Kier molecular flexibility index (Phi) is 8.96. The van der Waals surface area contributed by atoms with Crippen LogP contribution in [-0.4, -0.2) is 29.0 Å². The van der Waals surface area contributed by atoms with E-state index in [1.807, 2.05) is 38.1 Å². The summed E-state index contributed by atoms with van der Waals surface area (Å²) < 4.78 is 39.7. The van der Waals surface area contributed by atoms with Gasteiger partial charge in [0.25, 0.3) is 5.91 Å². The molecule has 1 heterocycles. The van der Waals surface area contributed by atoms with E-state index in [1.165, 1.54) is 17.7 Å². The second kappa shape index (κ2) is 12.2. The molecule has 0 spiro atoms. The van der Waals surface area contributed by atoms with Crippen LogP contribution in [-0.2, 0) is 29.4 Å². The second-order valence-corrected chi connectivity index (χ2v) is 10.6. The zero-order valence-electron chi connectivity index (χ0n) is 22.6. The van der Waals surface area contributed by atoms with Gasteiger partial charge in [-0.1, -0.05) is 72.3 Å². The van der Waals surface area contributed by atoms with E-state index in [9.17, 15) is 23.1 Å². The van der Waals surface area contributed by atoms with Crippen LogP contribution in [0.4, 0.5) is 13.2 Å². The molecule has 0 aliphatic carbocycles. The van der Waals surface area contributed by atoms with Crippen molar-refractivity contribution in [3.05, 3.63) is 112 Å². The average molecular weight is 536 g/mol. The minimum absolute atomic E-state index is 0.0992. The lowest BCUT2D eigenvalue weighted by Crippen LogP contribution is -2.45. The molecule has 4 rings (SSSR count). The van der Waals surface area contributed by atoms with Crippen molar-refractivity contribution in [3.63, 3.8) is 0 Å². The zero-order chi connectivity index (χ0) is 28.0. The van der Waals surface area contributed by atoms with Crippen molar-refractivity contribution < 1.29 is 23.1 Å². The summed E-state index contributed by atoms with van der Waals surface area (Å²) in [7, 11) is 0. The maximum Gasteiger partial charge on any atom is 0.416 e. The molecule has 1 aliphatic heterocycles. The highest BCUT2D eigenvalue weighted by atomic mass is 19.4. The third kappa shape index (κ3) is 6.99. The molecule has 0 radical (unpaired) electrons. The number of halogens is 3. The van der Waals surface area contributed by atoms with Gasteiger partial charge in [-0.3, -0.25) is 4.79 Å². The highest BCUT2D eigenvalue weighted by Crippen LogP contribution is 2.38. The van der Waals surface area contributed by atoms with E-state index in [4.69, 9.17) is 0 Å². The topological polar surface area (TPSA) is 40.5 Å². The van der Waals surface area contributed by atoms with E-state index >= 15 is 0 Å². The number of aliphatic hydroxyl groups is 1. The number of unbranched alkanes of at least 4 members (excludes halogenated alkanes) is 1. The number of allylic oxidation sites excluding steroid dienone is 1. The van der Waals surface area contributed by atoms with Crippen LogP contribution in [0, 0.1) is 0 Å². The molecule has 206 valence electrons. The molecule has 0 unspecified atom stereocenters. The SMILES string of the molecule is CC(C)=C(C(=O)N1CCC(O)(c2cccc(C(F)(F)F)c2)CC1)c1ccccc1CCCCc1ccccc1. The maximum absolute atomic E-state index is 13.8. The average Bonchev–Trinajstić information content (AvgIpc) is 2.92. The Labute approximate surface area is 229 Å². The van der Waals surface area contributed by atoms with Crippen LogP contribution in [0.25, 0.3) is 5.57 Å². The molecular formula is C33H36F3NO2. The summed E-state index contributed by atoms with van der Waals surface area (Å²) in [6, 6.07) is 23.3. The van der Waals surface area contributed by atoms with Crippen molar-refractivity contribution in [1.29, 1.82) is 0 Å². The first-order valence-corrected chi connectivity index (χ1v) is 13.6. The predicted octanol–water partition coefficient (Wildman–Crippen LogP) is 7.57. The molecule has 0 bridgehead atoms. The molecule has 0 aromatic heterocycles. The van der Waals surface area contributed by atoms with Crippen LogP contribution in [0.1, 0.15) is 67.3 Å². The normalized spacial score (nSPS) is 15.2. The smallest absolute Gasteiger partial charge is 0.385 e. The fourth-order valence-corrected chi connectivity index (χ4v) is 5.38. The van der Waals surface area contributed by atoms with Gasteiger partial charge in [0, 0.05) is 18.7 Å². The molecule has 6 heteroatoms. The van der Waals surface area contributed by atoms with Crippen molar-refractivity contribution in [2.24, 2.45) is 0 Å². The number of benzene rings is 3. The monoisotopic (exact) mass is 535 g/mol. The first kappa shape index (κ1) is 28.6. The summed E-state index contributed by atoms with van der Waals surface area (Å²) in [6.07, 6.45) is -0.187. The molecule has 1 N–H and O–H groups in total. The van der Waals surface area contributed by atoms with Crippen molar-refractivity contribution in [3.8, 4) is 0 Å². The number of aryl methyl sites for hydroxylation is 2. The third-order valence-electron chi connectivity index (χ3n) is 7.61. The van der Waals surface area contributed by atoms with Gasteiger partial charge < -0.3 is 10.0 Å². The fourth-order valence-electron chi connectivity index (χ4n) is 5.38. The molecule has 1 saturated heterocycles. The van der Waals surface area contributed by atoms with E-state index in [-0.39, 0.29) is 37.4 Å². The Morgan fingerprint density at radius 1 is 0.872 bits per heavy atom. The summed E-state index contributed by atoms with van der Waals surface area (Å²) in [4.78, 5) is 15.5. The van der Waals surface area contributed by atoms with Gasteiger partial charge in [0.2, 0.25) is 0 Å². The number of likely N-dealkylation sites (tertiary alicyclic amines) is 1. The van der Waals surface area contributed by atoms with Gasteiger partial charge in [-0.25, -0.2) is 0 Å². The lowest BCUT2D eigenvalue weighted by molar-refractivity contribution is -0.137. The van der Waals surface area contributed by atoms with E-state index in [0.29, 0.717) is 5.57 Å². The Morgan fingerprint density at radius 2 is 1.51 bits per heavy atom. The molecule has 39 heavy (non-hydrogen) atoms. The molecule has 3 nitrogen and oxygen atoms in total. The molecule has 3 aromatic rings. The van der Waals surface area contributed by atoms with E-state index < -0.39 is 17.3 Å². The number of nitrogens with zero attached hydrogens (tertiary/aromatic N) is 1. The van der Waals surface area contributed by atoms with Gasteiger partial charge in [0.15, 0.2) is 0 Å². The minimum Gasteiger partial charge on any atom is -0.385 e. The maximum atomic E-state index is 13.8. The number of hydrogen-bond acceptors (Lipinski definition) is 2. The van der Waals surface area contributed by atoms with Crippen LogP contribution in [0.15, 0.2) is 84.4 Å². The number of carbonyl (C=O) groups excluding carboxylic acids is 1. The molecule has 0 saturated carbocycles. The fraction of sp³-hybridized carbons (Fsp3) is 0.364. The summed E-state index contributed by atoms with van der Waals surface area (Å²) in [5, 5.41) is 11.2. The Bertz CT molecular complexity index is 1300. The molecule has 3 aromatic carbocycles. The van der Waals surface area contributed by atoms with Crippen LogP contribution in [0.2, 0.25) is 0 Å². The summed E-state index contributed by atoms with van der Waals surface area (Å²) in [5.74, 6) is -0.0992. The molecule has 0 atom stereocenters. The van der Waals surface area contributed by atoms with Crippen molar-refractivity contribution in [2.75, 3.05) is 13.1 Å². The van der Waals surface area contributed by atoms with Gasteiger partial charge in [0.05, 0.1) is 11.2 Å². The van der Waals surface area contributed by atoms with Gasteiger partial charge in [-0.2, -0.15) is 13.2 Å². The number of amides is 1. The van der Waals surface area contributed by atoms with Gasteiger partial charge in [-0.05, 0) is 86.8 Å². The Balaban J connectivity index is 1.44. The van der Waals surface area contributed by atoms with Crippen LogP contribution < -0.4 is 0 Å². The number of carbonyl (C=O) groups is 1. The minimum atomic E-state index is -4.48. The number of piperidine rings is 1. The quantitative estimate of drug-likeness (QED) is 0.239. The Morgan fingerprint density at radius 3 is 2.18 bits per heavy atom. The number of alkyl halides is 3. The molecule has 1 amide bonds. The first-order valence-electron chi connectivity index (χ1n) is 13.6. The van der Waals surface area contributed by atoms with Gasteiger partial charge >= 0.3 is 6.18 Å². The van der Waals surface area contributed by atoms with E-state index in [1.54, 1.807) is 4.90 Å². The van der Waals surface area contributed by atoms with Crippen LogP contribution >= 0.6 is 0 Å². The van der Waals surface area contributed by atoms with Crippen molar-refractivity contribution in [1.82, 2.24) is 4.90 Å². The van der Waals surface area contributed by atoms with E-state index in [2.05, 4.69) is 30.3 Å². The predicted molar refractivity (Wildman–Crippen MR) is 149 cm³/mol. The zero-order valence-corrected chi connectivity index (χ0v) is 22.6. The lowest BCUT2D eigenvalue weighted by Gasteiger charge is -2.39. The molecule has 1 fully saturated rings. The van der Waals surface area contributed by atoms with Crippen LogP contribution in [0.3, 0.4) is 0 Å². The van der Waals surface area contributed by atoms with Gasteiger partial charge in [0.1, 0.15) is 0 Å². The number of hydrogen-bond donors (Lipinski definition) is 1. The molecule has 1 aliphatic rings. The standard InChI is InChI=1S/C33H36F3NO2/c1-24(2)30(29-18-9-8-15-26(29)14-7-6-13-25-11-4-3-5-12-25)31(38)37-21-19-32(39,20-22-37)27-16-10-17-28(23-27)33(34,35)36/h3-5,8-12,15-18,23,39H,6-7,13-14,19-22H2,1-2H3. The van der Waals surface area contributed by atoms with Crippen molar-refractivity contribution >= 4 is 11.5 Å². The highest BCUT2D eigenvalue weighted by molar-refractivity contribution is 6.20. The van der Waals surface area contributed by atoms with Crippen LogP contribution in [0.5, 0.6) is 0 Å². The third-order valence-corrected chi connectivity index (χ3v) is 7.61. The second-order valence-electron chi connectivity index (χ2n) is 10.6. The molecular weight excluding hydrogens is 499 g/mol. The lowest BCUT2D eigenvalue weighted by atomic mass is 9.83. The summed E-state index contributed by atoms with van der Waals surface area (Å²) in [5.41, 5.74) is 3.02. The Hall–Kier alpha value is -3.38. The summed E-state index contributed by atoms with van der Waals surface area (Å²) >= 11 is 0. The van der Waals surface area contributed by atoms with Crippen molar-refractivity contribution in [2.45, 2.75) is 64.1 Å². The van der Waals surface area contributed by atoms with Gasteiger partial charge in [-0.15, -0.1) is 0 Å². The van der Waals surface area contributed by atoms with E-state index in [0.717, 1.165) is 54.5 Å². The highest BCUT2D eigenvalue weighted by Gasteiger charge is 2.38. The number of rotatable bonds is 8.